The molecule has 1 amide bonds. The van der Waals surface area contributed by atoms with Gasteiger partial charge in [0.25, 0.3) is 17.3 Å². The predicted octanol–water partition coefficient (Wildman–Crippen LogP) is 3.54. The highest BCUT2D eigenvalue weighted by atomic mass is 16.6. The first-order valence-corrected chi connectivity index (χ1v) is 10.6. The van der Waals surface area contributed by atoms with Crippen molar-refractivity contribution in [2.75, 3.05) is 31.1 Å². The van der Waals surface area contributed by atoms with Crippen LogP contribution in [-0.4, -0.2) is 56.8 Å². The Kier molecular flexibility index (Phi) is 6.17. The van der Waals surface area contributed by atoms with Crippen molar-refractivity contribution in [2.24, 2.45) is 0 Å². The van der Waals surface area contributed by atoms with Gasteiger partial charge in [-0.25, -0.2) is 9.97 Å². The molecule has 1 aromatic heterocycles. The highest BCUT2D eigenvalue weighted by Gasteiger charge is 2.29. The van der Waals surface area contributed by atoms with Crippen LogP contribution < -0.4 is 4.90 Å². The number of nitrogens with zero attached hydrogens (tertiary/aromatic N) is 6. The Morgan fingerprint density at radius 1 is 0.912 bits per heavy atom. The molecule has 1 saturated heterocycles. The van der Waals surface area contributed by atoms with Gasteiger partial charge in [0.1, 0.15) is 11.6 Å². The van der Waals surface area contributed by atoms with Gasteiger partial charge in [-0.05, 0) is 13.8 Å². The molecule has 2 aromatic carbocycles. The summed E-state index contributed by atoms with van der Waals surface area (Å²) in [7, 11) is 0. The van der Waals surface area contributed by atoms with Gasteiger partial charge in [0, 0.05) is 49.4 Å². The van der Waals surface area contributed by atoms with Crippen LogP contribution in [0, 0.1) is 34.1 Å². The third kappa shape index (κ3) is 4.53. The molecule has 0 aliphatic carbocycles. The van der Waals surface area contributed by atoms with Crippen molar-refractivity contribution in [1.82, 2.24) is 14.9 Å². The Morgan fingerprint density at radius 2 is 1.59 bits per heavy atom. The van der Waals surface area contributed by atoms with Crippen molar-refractivity contribution >= 4 is 23.1 Å². The molecule has 11 heteroatoms. The van der Waals surface area contributed by atoms with Crippen LogP contribution in [0.4, 0.5) is 17.2 Å². The molecule has 1 fully saturated rings. The molecule has 0 bridgehead atoms. The molecule has 11 nitrogen and oxygen atoms in total. The number of aromatic nitrogens is 2. The topological polar surface area (TPSA) is 136 Å². The number of hydrogen-bond donors (Lipinski definition) is 0. The van der Waals surface area contributed by atoms with Gasteiger partial charge in [0.2, 0.25) is 0 Å². The Hall–Kier alpha value is -4.41. The maximum atomic E-state index is 13.1. The van der Waals surface area contributed by atoms with Gasteiger partial charge < -0.3 is 9.80 Å². The van der Waals surface area contributed by atoms with Gasteiger partial charge >= 0.3 is 0 Å². The molecule has 4 rings (SSSR count). The van der Waals surface area contributed by atoms with Gasteiger partial charge in [-0.15, -0.1) is 0 Å². The smallest absolute Gasteiger partial charge is 0.279 e. The summed E-state index contributed by atoms with van der Waals surface area (Å²) >= 11 is 0. The molecule has 34 heavy (non-hydrogen) atoms. The van der Waals surface area contributed by atoms with Crippen LogP contribution in [0.2, 0.25) is 0 Å². The maximum absolute atomic E-state index is 13.1. The number of carbonyl (C=O) groups excluding carboxylic acids is 1. The molecule has 2 heterocycles. The summed E-state index contributed by atoms with van der Waals surface area (Å²) in [5.41, 5.74) is 0.942. The molecule has 0 N–H and O–H groups in total. The monoisotopic (exact) mass is 462 g/mol. The average Bonchev–Trinajstić information content (AvgIpc) is 2.83. The van der Waals surface area contributed by atoms with Gasteiger partial charge in [0.05, 0.1) is 27.2 Å². The van der Waals surface area contributed by atoms with Crippen LogP contribution in [0.25, 0.3) is 11.3 Å². The largest absolute Gasteiger partial charge is 0.353 e. The number of nitro benzene ring substituents is 2. The number of non-ortho nitro benzene ring substituents is 1. The predicted molar refractivity (Wildman–Crippen MR) is 125 cm³/mol. The number of nitro groups is 2. The van der Waals surface area contributed by atoms with Gasteiger partial charge in [0.15, 0.2) is 0 Å². The van der Waals surface area contributed by atoms with E-state index < -0.39 is 27.1 Å². The van der Waals surface area contributed by atoms with E-state index in [0.717, 1.165) is 29.2 Å². The minimum Gasteiger partial charge on any atom is -0.353 e. The van der Waals surface area contributed by atoms with E-state index in [4.69, 9.17) is 0 Å². The molecule has 1 aliphatic heterocycles. The van der Waals surface area contributed by atoms with Crippen molar-refractivity contribution in [3.8, 4) is 11.3 Å². The Balaban J connectivity index is 1.54. The summed E-state index contributed by atoms with van der Waals surface area (Å²) in [5, 5.41) is 22.6. The first-order chi connectivity index (χ1) is 16.2. The molecule has 0 saturated carbocycles. The van der Waals surface area contributed by atoms with Gasteiger partial charge in [-0.1, -0.05) is 30.3 Å². The molecule has 0 unspecified atom stereocenters. The number of anilines is 1. The zero-order valence-electron chi connectivity index (χ0n) is 18.7. The van der Waals surface area contributed by atoms with E-state index in [-0.39, 0.29) is 11.1 Å². The molecule has 0 radical (unpaired) electrons. The number of carbonyl (C=O) groups is 1. The van der Waals surface area contributed by atoms with Crippen LogP contribution in [0.1, 0.15) is 21.7 Å². The molecular weight excluding hydrogens is 440 g/mol. The summed E-state index contributed by atoms with van der Waals surface area (Å²) in [4.78, 5) is 47.0. The second-order valence-corrected chi connectivity index (χ2v) is 7.96. The van der Waals surface area contributed by atoms with Crippen LogP contribution in [0.5, 0.6) is 0 Å². The maximum Gasteiger partial charge on any atom is 0.279 e. The van der Waals surface area contributed by atoms with E-state index in [2.05, 4.69) is 9.97 Å². The van der Waals surface area contributed by atoms with Gasteiger partial charge in [-0.3, -0.25) is 25.0 Å². The SMILES string of the molecule is Cc1nc(-c2ccccc2)cc(N2CCN(C(=O)c3cc([N+](=O)[O-])cc([N+](=O)[O-])c3C)CC2)n1. The third-order valence-corrected chi connectivity index (χ3v) is 5.79. The highest BCUT2D eigenvalue weighted by molar-refractivity contribution is 5.97. The number of hydrogen-bond acceptors (Lipinski definition) is 8. The van der Waals surface area contributed by atoms with Crippen LogP contribution in [0.15, 0.2) is 48.5 Å². The van der Waals surface area contributed by atoms with Crippen LogP contribution in [0.3, 0.4) is 0 Å². The van der Waals surface area contributed by atoms with Crippen LogP contribution in [-0.2, 0) is 0 Å². The van der Waals surface area contributed by atoms with E-state index in [1.165, 1.54) is 6.92 Å². The number of aryl methyl sites for hydroxylation is 1. The lowest BCUT2D eigenvalue weighted by atomic mass is 10.0. The number of rotatable bonds is 5. The van der Waals surface area contributed by atoms with Crippen LogP contribution >= 0.6 is 0 Å². The number of piperazine rings is 1. The first kappa shape index (κ1) is 22.8. The van der Waals surface area contributed by atoms with Crippen molar-refractivity contribution in [3.63, 3.8) is 0 Å². The summed E-state index contributed by atoms with van der Waals surface area (Å²) < 4.78 is 0. The van der Waals surface area contributed by atoms with E-state index in [1.54, 1.807) is 4.90 Å². The quantitative estimate of drug-likeness (QED) is 0.415. The van der Waals surface area contributed by atoms with E-state index >= 15 is 0 Å². The minimum atomic E-state index is -0.733. The zero-order chi connectivity index (χ0) is 24.4. The normalized spacial score (nSPS) is 13.6. The van der Waals surface area contributed by atoms with E-state index in [9.17, 15) is 25.0 Å². The Morgan fingerprint density at radius 3 is 2.21 bits per heavy atom. The zero-order valence-corrected chi connectivity index (χ0v) is 18.7. The second-order valence-electron chi connectivity index (χ2n) is 7.96. The van der Waals surface area contributed by atoms with Crippen molar-refractivity contribution < 1.29 is 14.6 Å². The Bertz CT molecular complexity index is 1270. The van der Waals surface area contributed by atoms with Crippen molar-refractivity contribution in [2.45, 2.75) is 13.8 Å². The summed E-state index contributed by atoms with van der Waals surface area (Å²) in [6.07, 6.45) is 0. The van der Waals surface area contributed by atoms with Crippen molar-refractivity contribution in [3.05, 3.63) is 85.7 Å². The second kappa shape index (κ2) is 9.22. The molecule has 174 valence electrons. The third-order valence-electron chi connectivity index (χ3n) is 5.79. The fraction of sp³-hybridized carbons (Fsp3) is 0.261. The summed E-state index contributed by atoms with van der Waals surface area (Å²) in [6.45, 7) is 4.93. The number of benzene rings is 2. The van der Waals surface area contributed by atoms with E-state index in [0.29, 0.717) is 32.0 Å². The lowest BCUT2D eigenvalue weighted by molar-refractivity contribution is -0.394. The van der Waals surface area contributed by atoms with E-state index in [1.807, 2.05) is 48.2 Å². The summed E-state index contributed by atoms with van der Waals surface area (Å²) in [5.74, 6) is 0.919. The lowest BCUT2D eigenvalue weighted by Gasteiger charge is -2.35. The number of amides is 1. The first-order valence-electron chi connectivity index (χ1n) is 10.6. The molecule has 0 atom stereocenters. The standard InChI is InChI=1S/C23H22N6O5/c1-15-19(12-18(28(31)32)13-21(15)29(33)34)23(30)27-10-8-26(9-11-27)22-14-20(24-16(2)25-22)17-6-4-3-5-7-17/h3-7,12-14H,8-11H2,1-2H3. The molecule has 3 aromatic rings. The average molecular weight is 462 g/mol. The highest BCUT2D eigenvalue weighted by Crippen LogP contribution is 2.29. The molecule has 0 spiro atoms. The Labute approximate surface area is 195 Å². The molecular formula is C23H22N6O5. The summed E-state index contributed by atoms with van der Waals surface area (Å²) in [6, 6.07) is 13.7. The van der Waals surface area contributed by atoms with Gasteiger partial charge in [-0.2, -0.15) is 0 Å². The lowest BCUT2D eigenvalue weighted by Crippen LogP contribution is -2.49. The molecule has 1 aliphatic rings. The fourth-order valence-corrected chi connectivity index (χ4v) is 3.98. The minimum absolute atomic E-state index is 0.0291. The van der Waals surface area contributed by atoms with Crippen molar-refractivity contribution in [1.29, 1.82) is 0 Å². The fourth-order valence-electron chi connectivity index (χ4n) is 3.98.